The van der Waals surface area contributed by atoms with E-state index >= 15 is 0 Å². The first-order valence-electron chi connectivity index (χ1n) is 11.3. The van der Waals surface area contributed by atoms with Gasteiger partial charge in [0, 0.05) is 24.2 Å². The molecule has 0 saturated heterocycles. The van der Waals surface area contributed by atoms with Crippen molar-refractivity contribution in [1.29, 1.82) is 0 Å². The summed E-state index contributed by atoms with van der Waals surface area (Å²) in [6.07, 6.45) is 5.33. The number of aromatic nitrogens is 2. The van der Waals surface area contributed by atoms with Crippen molar-refractivity contribution in [2.24, 2.45) is 5.73 Å². The van der Waals surface area contributed by atoms with Gasteiger partial charge in [-0.25, -0.2) is 18.4 Å². The van der Waals surface area contributed by atoms with Crippen molar-refractivity contribution in [3.63, 3.8) is 0 Å². The molecular weight excluding hydrogens is 442 g/mol. The maximum atomic E-state index is 13.0. The third-order valence-electron chi connectivity index (χ3n) is 6.77. The Labute approximate surface area is 195 Å². The fourth-order valence-electron chi connectivity index (χ4n) is 5.03. The first-order valence-corrected chi connectivity index (χ1v) is 12.9. The molecule has 9 nitrogen and oxygen atoms in total. The second-order valence-corrected chi connectivity index (χ2v) is 11.8. The van der Waals surface area contributed by atoms with Crippen LogP contribution in [-0.4, -0.2) is 55.0 Å². The number of nitrogen functional groups attached to an aromatic ring is 1. The van der Waals surface area contributed by atoms with Gasteiger partial charge >= 0.3 is 0 Å². The van der Waals surface area contributed by atoms with Gasteiger partial charge < -0.3 is 21.3 Å². The van der Waals surface area contributed by atoms with E-state index in [4.69, 9.17) is 16.2 Å². The fraction of sp³-hybridized carbons (Fsp3) is 0.565. The molecule has 2 aliphatic rings. The van der Waals surface area contributed by atoms with Gasteiger partial charge in [-0.3, -0.25) is 4.31 Å². The highest BCUT2D eigenvalue weighted by Gasteiger charge is 2.38. The highest BCUT2D eigenvalue weighted by molar-refractivity contribution is 7.92. The van der Waals surface area contributed by atoms with Gasteiger partial charge in [0.15, 0.2) is 0 Å². The summed E-state index contributed by atoms with van der Waals surface area (Å²) >= 11 is 0. The lowest BCUT2D eigenvalue weighted by Crippen LogP contribution is -2.35. The minimum atomic E-state index is -3.77. The van der Waals surface area contributed by atoms with Crippen LogP contribution in [0.3, 0.4) is 0 Å². The molecule has 33 heavy (non-hydrogen) atoms. The second-order valence-electron chi connectivity index (χ2n) is 9.64. The summed E-state index contributed by atoms with van der Waals surface area (Å²) in [4.78, 5) is 8.70. The Morgan fingerprint density at radius 2 is 1.91 bits per heavy atom. The summed E-state index contributed by atoms with van der Waals surface area (Å²) in [5.74, 6) is 0.567. The lowest BCUT2D eigenvalue weighted by Gasteiger charge is -2.37. The number of anilines is 2. The normalized spacial score (nSPS) is 21.7. The van der Waals surface area contributed by atoms with Crippen molar-refractivity contribution in [3.8, 4) is 17.0 Å². The van der Waals surface area contributed by atoms with Crippen molar-refractivity contribution >= 4 is 21.5 Å². The number of rotatable bonds is 6. The number of sulfonamides is 1. The van der Waals surface area contributed by atoms with Crippen LogP contribution in [0, 0.1) is 0 Å². The standard InChI is InChI=1S/C23H33N5O4S/c1-23(2)12-17-16(20-19(23)22(25)27-13-26-20)8-9-18(32-15-6-4-14(24)5-7-15)21(17)28(3)33(30,31)11-10-29/h8-9,13-15,29H,4-7,10-12,24H2,1-3H3,(H2,25,26,27). The first-order chi connectivity index (χ1) is 15.5. The van der Waals surface area contributed by atoms with Gasteiger partial charge in [-0.05, 0) is 55.2 Å². The number of nitrogens with zero attached hydrogens (tertiary/aromatic N) is 3. The molecule has 10 heteroatoms. The average molecular weight is 476 g/mol. The molecule has 2 aliphatic carbocycles. The van der Waals surface area contributed by atoms with E-state index in [1.807, 2.05) is 12.1 Å². The summed E-state index contributed by atoms with van der Waals surface area (Å²) in [5, 5.41) is 9.36. The van der Waals surface area contributed by atoms with Crippen LogP contribution >= 0.6 is 0 Å². The molecule has 1 aromatic heterocycles. The SMILES string of the molecule is CN(c1c(OC2CCC(N)CC2)ccc2c1CC(C)(C)c1c(N)ncnc1-2)S(=O)(=O)CCO. The van der Waals surface area contributed by atoms with Crippen LogP contribution in [-0.2, 0) is 21.9 Å². The van der Waals surface area contributed by atoms with Gasteiger partial charge in [0.2, 0.25) is 10.0 Å². The molecule has 1 fully saturated rings. The van der Waals surface area contributed by atoms with Gasteiger partial charge in [0.1, 0.15) is 17.9 Å². The quantitative estimate of drug-likeness (QED) is 0.575. The van der Waals surface area contributed by atoms with Crippen LogP contribution < -0.4 is 20.5 Å². The van der Waals surface area contributed by atoms with E-state index in [0.29, 0.717) is 29.4 Å². The van der Waals surface area contributed by atoms with Crippen molar-refractivity contribution < 1.29 is 18.3 Å². The van der Waals surface area contributed by atoms with Gasteiger partial charge in [-0.1, -0.05) is 13.8 Å². The number of hydrogen-bond acceptors (Lipinski definition) is 8. The molecule has 5 N–H and O–H groups in total. The molecule has 0 aliphatic heterocycles. The number of aliphatic hydroxyl groups is 1. The Morgan fingerprint density at radius 1 is 1.21 bits per heavy atom. The maximum absolute atomic E-state index is 13.0. The van der Waals surface area contributed by atoms with Crippen LogP contribution in [0.2, 0.25) is 0 Å². The molecule has 0 unspecified atom stereocenters. The highest BCUT2D eigenvalue weighted by atomic mass is 32.2. The zero-order chi connectivity index (χ0) is 24.0. The van der Waals surface area contributed by atoms with E-state index in [1.165, 1.54) is 17.7 Å². The number of hydrogen-bond donors (Lipinski definition) is 3. The third kappa shape index (κ3) is 4.39. The van der Waals surface area contributed by atoms with E-state index in [0.717, 1.165) is 42.4 Å². The molecule has 0 bridgehead atoms. The van der Waals surface area contributed by atoms with Crippen molar-refractivity contribution in [3.05, 3.63) is 29.6 Å². The predicted molar refractivity (Wildman–Crippen MR) is 129 cm³/mol. The summed E-state index contributed by atoms with van der Waals surface area (Å²) < 4.78 is 33.7. The molecular formula is C23H33N5O4S. The summed E-state index contributed by atoms with van der Waals surface area (Å²) in [5.41, 5.74) is 15.6. The topological polar surface area (TPSA) is 145 Å². The summed E-state index contributed by atoms with van der Waals surface area (Å²) in [7, 11) is -2.25. The first kappa shape index (κ1) is 23.7. The smallest absolute Gasteiger partial charge is 0.237 e. The number of aliphatic hydroxyl groups excluding tert-OH is 1. The largest absolute Gasteiger partial charge is 0.488 e. The van der Waals surface area contributed by atoms with E-state index in [1.54, 1.807) is 0 Å². The Kier molecular flexibility index (Phi) is 6.28. The lowest BCUT2D eigenvalue weighted by molar-refractivity contribution is 0.147. The van der Waals surface area contributed by atoms with E-state index in [2.05, 4.69) is 23.8 Å². The molecule has 0 amide bonds. The number of ether oxygens (including phenoxy) is 1. The Hall–Kier alpha value is -2.43. The molecule has 2 aromatic rings. The molecule has 1 aromatic carbocycles. The van der Waals surface area contributed by atoms with Crippen molar-refractivity contribution in [2.75, 3.05) is 29.4 Å². The van der Waals surface area contributed by atoms with Crippen molar-refractivity contribution in [1.82, 2.24) is 9.97 Å². The molecule has 4 rings (SSSR count). The third-order valence-corrected chi connectivity index (χ3v) is 8.48. The van der Waals surface area contributed by atoms with Crippen LogP contribution in [0.4, 0.5) is 11.5 Å². The molecule has 0 radical (unpaired) electrons. The van der Waals surface area contributed by atoms with E-state index < -0.39 is 22.0 Å². The number of nitrogens with two attached hydrogens (primary N) is 2. The molecule has 0 spiro atoms. The van der Waals surface area contributed by atoms with Gasteiger partial charge in [0.25, 0.3) is 0 Å². The minimum Gasteiger partial charge on any atom is -0.488 e. The maximum Gasteiger partial charge on any atom is 0.237 e. The minimum absolute atomic E-state index is 0.0302. The molecule has 1 heterocycles. The molecule has 0 atom stereocenters. The monoisotopic (exact) mass is 475 g/mol. The summed E-state index contributed by atoms with van der Waals surface area (Å²) in [6, 6.07) is 3.92. The molecule has 1 saturated carbocycles. The number of benzene rings is 1. The zero-order valence-electron chi connectivity index (χ0n) is 19.4. The number of fused-ring (bicyclic) bond motifs is 3. The van der Waals surface area contributed by atoms with E-state index in [-0.39, 0.29) is 17.9 Å². The second kappa shape index (κ2) is 8.73. The van der Waals surface area contributed by atoms with Crippen LogP contribution in [0.15, 0.2) is 18.5 Å². The fourth-order valence-corrected chi connectivity index (χ4v) is 6.02. The van der Waals surface area contributed by atoms with Gasteiger partial charge in [-0.2, -0.15) is 0 Å². The average Bonchev–Trinajstić information content (AvgIpc) is 2.74. The Bertz CT molecular complexity index is 1140. The Morgan fingerprint density at radius 3 is 2.58 bits per heavy atom. The van der Waals surface area contributed by atoms with Crippen LogP contribution in [0.25, 0.3) is 11.3 Å². The van der Waals surface area contributed by atoms with Gasteiger partial charge in [-0.15, -0.1) is 0 Å². The lowest BCUT2D eigenvalue weighted by atomic mass is 9.71. The Balaban J connectivity index is 1.88. The highest BCUT2D eigenvalue weighted by Crippen LogP contribution is 2.50. The van der Waals surface area contributed by atoms with E-state index in [9.17, 15) is 13.5 Å². The predicted octanol–water partition coefficient (Wildman–Crippen LogP) is 1.97. The zero-order valence-corrected chi connectivity index (χ0v) is 20.2. The van der Waals surface area contributed by atoms with Crippen molar-refractivity contribution in [2.45, 2.75) is 63.5 Å². The van der Waals surface area contributed by atoms with Crippen LogP contribution in [0.5, 0.6) is 5.75 Å². The summed E-state index contributed by atoms with van der Waals surface area (Å²) in [6.45, 7) is 3.64. The molecule has 180 valence electrons. The van der Waals surface area contributed by atoms with Crippen LogP contribution in [0.1, 0.15) is 50.7 Å². The van der Waals surface area contributed by atoms with Gasteiger partial charge in [0.05, 0.1) is 29.8 Å².